The van der Waals surface area contributed by atoms with Gasteiger partial charge in [0.15, 0.2) is 0 Å². The highest BCUT2D eigenvalue weighted by Crippen LogP contribution is 2.09. The summed E-state index contributed by atoms with van der Waals surface area (Å²) in [6, 6.07) is 8.46. The lowest BCUT2D eigenvalue weighted by Gasteiger charge is -2.06. The van der Waals surface area contributed by atoms with E-state index in [4.69, 9.17) is 5.73 Å². The number of hydrogen-bond acceptors (Lipinski definition) is 5. The summed E-state index contributed by atoms with van der Waals surface area (Å²) < 4.78 is 26.3. The Kier molecular flexibility index (Phi) is 4.08. The molecule has 0 saturated carbocycles. The van der Waals surface area contributed by atoms with Gasteiger partial charge in [-0.1, -0.05) is 12.1 Å². The Morgan fingerprint density at radius 3 is 2.79 bits per heavy atom. The fourth-order valence-electron chi connectivity index (χ4n) is 1.56. The molecular formula is C12H14N4O2S. The van der Waals surface area contributed by atoms with E-state index in [2.05, 4.69) is 14.7 Å². The molecule has 2 aromatic rings. The van der Waals surface area contributed by atoms with Crippen LogP contribution in [0.4, 0.5) is 5.69 Å². The maximum absolute atomic E-state index is 11.9. The molecule has 0 atom stereocenters. The SMILES string of the molecule is Nc1cccc(CS(=O)(=O)NCc2ccncn2)c1. The second-order valence-corrected chi connectivity index (χ2v) is 5.83. The van der Waals surface area contributed by atoms with Crippen LogP contribution in [0.5, 0.6) is 0 Å². The van der Waals surface area contributed by atoms with E-state index >= 15 is 0 Å². The lowest BCUT2D eigenvalue weighted by molar-refractivity contribution is 0.579. The smallest absolute Gasteiger partial charge is 0.216 e. The lowest BCUT2D eigenvalue weighted by atomic mass is 10.2. The highest BCUT2D eigenvalue weighted by molar-refractivity contribution is 7.88. The van der Waals surface area contributed by atoms with Gasteiger partial charge in [0.1, 0.15) is 6.33 Å². The van der Waals surface area contributed by atoms with Crippen molar-refractivity contribution in [3.05, 3.63) is 54.1 Å². The van der Waals surface area contributed by atoms with Gasteiger partial charge in [-0.25, -0.2) is 23.1 Å². The number of aromatic nitrogens is 2. The zero-order chi connectivity index (χ0) is 13.7. The highest BCUT2D eigenvalue weighted by atomic mass is 32.2. The summed E-state index contributed by atoms with van der Waals surface area (Å²) in [5.41, 5.74) is 7.42. The number of rotatable bonds is 5. The first-order chi connectivity index (χ1) is 9.05. The fourth-order valence-corrected chi connectivity index (χ4v) is 2.65. The molecule has 100 valence electrons. The molecule has 0 aliphatic carbocycles. The Balaban J connectivity index is 1.99. The quantitative estimate of drug-likeness (QED) is 0.784. The average molecular weight is 278 g/mol. The van der Waals surface area contributed by atoms with Crippen LogP contribution in [-0.2, 0) is 22.3 Å². The first-order valence-corrected chi connectivity index (χ1v) is 7.27. The van der Waals surface area contributed by atoms with Gasteiger partial charge in [0.25, 0.3) is 0 Å². The molecule has 0 spiro atoms. The second-order valence-electron chi connectivity index (χ2n) is 4.03. The Hall–Kier alpha value is -1.99. The van der Waals surface area contributed by atoms with Gasteiger partial charge in [-0.2, -0.15) is 0 Å². The van der Waals surface area contributed by atoms with Crippen LogP contribution in [0.1, 0.15) is 11.3 Å². The molecule has 6 nitrogen and oxygen atoms in total. The van der Waals surface area contributed by atoms with Gasteiger partial charge in [-0.15, -0.1) is 0 Å². The number of nitrogens with one attached hydrogen (secondary N) is 1. The minimum Gasteiger partial charge on any atom is -0.399 e. The summed E-state index contributed by atoms with van der Waals surface area (Å²) in [4.78, 5) is 7.71. The summed E-state index contributed by atoms with van der Waals surface area (Å²) in [5, 5.41) is 0. The van der Waals surface area contributed by atoms with Crippen molar-refractivity contribution in [2.45, 2.75) is 12.3 Å². The van der Waals surface area contributed by atoms with Crippen LogP contribution >= 0.6 is 0 Å². The van der Waals surface area contributed by atoms with Crippen LogP contribution < -0.4 is 10.5 Å². The summed E-state index contributed by atoms with van der Waals surface area (Å²) in [7, 11) is -3.42. The molecule has 19 heavy (non-hydrogen) atoms. The van der Waals surface area contributed by atoms with Crippen molar-refractivity contribution in [1.82, 2.24) is 14.7 Å². The Bertz CT molecular complexity index is 644. The number of anilines is 1. The molecule has 0 amide bonds. The second kappa shape index (κ2) is 5.77. The molecule has 0 fully saturated rings. The molecule has 3 N–H and O–H groups in total. The molecule has 1 aromatic carbocycles. The summed E-state index contributed by atoms with van der Waals surface area (Å²) in [6.45, 7) is 0.146. The van der Waals surface area contributed by atoms with Gasteiger partial charge in [0.05, 0.1) is 18.0 Å². The van der Waals surface area contributed by atoms with E-state index in [0.29, 0.717) is 16.9 Å². The lowest BCUT2D eigenvalue weighted by Crippen LogP contribution is -2.25. The summed E-state index contributed by atoms with van der Waals surface area (Å²) in [5.74, 6) is -0.108. The topological polar surface area (TPSA) is 98.0 Å². The maximum Gasteiger partial charge on any atom is 0.216 e. The van der Waals surface area contributed by atoms with Crippen LogP contribution in [0.2, 0.25) is 0 Å². The van der Waals surface area contributed by atoms with Crippen LogP contribution in [0, 0.1) is 0 Å². The van der Waals surface area contributed by atoms with Gasteiger partial charge in [-0.3, -0.25) is 0 Å². The Labute approximate surface area is 111 Å². The average Bonchev–Trinajstić information content (AvgIpc) is 2.37. The van der Waals surface area contributed by atoms with E-state index in [9.17, 15) is 8.42 Å². The number of nitrogens with zero attached hydrogens (tertiary/aromatic N) is 2. The largest absolute Gasteiger partial charge is 0.399 e. The van der Waals surface area contributed by atoms with Gasteiger partial charge >= 0.3 is 0 Å². The van der Waals surface area contributed by atoms with Crippen molar-refractivity contribution < 1.29 is 8.42 Å². The zero-order valence-electron chi connectivity index (χ0n) is 10.2. The van der Waals surface area contributed by atoms with Gasteiger partial charge in [-0.05, 0) is 23.8 Å². The maximum atomic E-state index is 11.9. The van der Waals surface area contributed by atoms with Gasteiger partial charge in [0.2, 0.25) is 10.0 Å². The van der Waals surface area contributed by atoms with Gasteiger partial charge in [0, 0.05) is 11.9 Å². The van der Waals surface area contributed by atoms with E-state index in [1.807, 2.05) is 0 Å². The normalized spacial score (nSPS) is 11.4. The first-order valence-electron chi connectivity index (χ1n) is 5.62. The van der Waals surface area contributed by atoms with Gasteiger partial charge < -0.3 is 5.73 Å². The molecule has 7 heteroatoms. The number of nitrogen functional groups attached to an aromatic ring is 1. The molecule has 1 heterocycles. The standard InChI is InChI=1S/C12H14N4O2S/c13-11-3-1-2-10(6-11)8-19(17,18)16-7-12-4-5-14-9-15-12/h1-6,9,16H,7-8,13H2. The molecule has 0 saturated heterocycles. The van der Waals surface area contributed by atoms with Crippen LogP contribution in [0.15, 0.2) is 42.9 Å². The third kappa shape index (κ3) is 4.31. The fraction of sp³-hybridized carbons (Fsp3) is 0.167. The third-order valence-electron chi connectivity index (χ3n) is 2.42. The Morgan fingerprint density at radius 2 is 2.11 bits per heavy atom. The van der Waals surface area contributed by atoms with E-state index in [0.717, 1.165) is 0 Å². The first kappa shape index (κ1) is 13.4. The number of sulfonamides is 1. The predicted octanol–water partition coefficient (Wildman–Crippen LogP) is 0.678. The molecular weight excluding hydrogens is 264 g/mol. The molecule has 0 aliphatic heterocycles. The third-order valence-corrected chi connectivity index (χ3v) is 3.72. The number of nitrogens with two attached hydrogens (primary N) is 1. The van der Waals surface area contributed by atoms with E-state index in [1.54, 1.807) is 36.5 Å². The van der Waals surface area contributed by atoms with Crippen LogP contribution in [0.25, 0.3) is 0 Å². The van der Waals surface area contributed by atoms with Crippen molar-refractivity contribution in [3.63, 3.8) is 0 Å². The van der Waals surface area contributed by atoms with E-state index < -0.39 is 10.0 Å². The molecule has 2 rings (SSSR count). The highest BCUT2D eigenvalue weighted by Gasteiger charge is 2.11. The van der Waals surface area contributed by atoms with Crippen molar-refractivity contribution in [3.8, 4) is 0 Å². The molecule has 0 unspecified atom stereocenters. The van der Waals surface area contributed by atoms with Crippen LogP contribution in [-0.4, -0.2) is 18.4 Å². The monoisotopic (exact) mass is 278 g/mol. The molecule has 0 bridgehead atoms. The molecule has 0 radical (unpaired) electrons. The minimum absolute atomic E-state index is 0.108. The minimum atomic E-state index is -3.42. The van der Waals surface area contributed by atoms with Crippen molar-refractivity contribution in [2.24, 2.45) is 0 Å². The number of hydrogen-bond donors (Lipinski definition) is 2. The van der Waals surface area contributed by atoms with Crippen molar-refractivity contribution in [1.29, 1.82) is 0 Å². The molecule has 1 aromatic heterocycles. The Morgan fingerprint density at radius 1 is 1.26 bits per heavy atom. The van der Waals surface area contributed by atoms with Crippen molar-refractivity contribution in [2.75, 3.05) is 5.73 Å². The van der Waals surface area contributed by atoms with Crippen molar-refractivity contribution >= 4 is 15.7 Å². The van der Waals surface area contributed by atoms with E-state index in [1.165, 1.54) is 6.33 Å². The molecule has 0 aliphatic rings. The summed E-state index contributed by atoms with van der Waals surface area (Å²) in [6.07, 6.45) is 2.94. The number of benzene rings is 1. The zero-order valence-corrected chi connectivity index (χ0v) is 11.0. The van der Waals surface area contributed by atoms with E-state index in [-0.39, 0.29) is 12.3 Å². The van der Waals surface area contributed by atoms with Crippen LogP contribution in [0.3, 0.4) is 0 Å². The predicted molar refractivity (Wildman–Crippen MR) is 72.3 cm³/mol. The summed E-state index contributed by atoms with van der Waals surface area (Å²) >= 11 is 0.